The zero-order valence-electron chi connectivity index (χ0n) is 51.6. The minimum atomic E-state index is -1.64. The van der Waals surface area contributed by atoms with Gasteiger partial charge in [0, 0.05) is 6.42 Å². The van der Waals surface area contributed by atoms with Crippen molar-refractivity contribution in [2.75, 3.05) is 13.2 Å². The molecule has 8 atom stereocenters. The molecule has 0 aromatic heterocycles. The van der Waals surface area contributed by atoms with E-state index in [0.29, 0.717) is 12.8 Å². The molecule has 1 rings (SSSR count). The van der Waals surface area contributed by atoms with Crippen LogP contribution >= 0.6 is 0 Å². The highest BCUT2D eigenvalue weighted by atomic mass is 16.7. The Hall–Kier alpha value is -4.20. The van der Waals surface area contributed by atoms with Crippen molar-refractivity contribution in [1.82, 2.24) is 5.32 Å². The van der Waals surface area contributed by atoms with E-state index in [0.717, 1.165) is 128 Å². The summed E-state index contributed by atoms with van der Waals surface area (Å²) in [5, 5.41) is 57.0. The second-order valence-corrected chi connectivity index (χ2v) is 21.8. The molecule has 1 saturated heterocycles. The van der Waals surface area contributed by atoms with Gasteiger partial charge in [-0.2, -0.15) is 0 Å². The first-order chi connectivity index (χ1) is 40.2. The third-order valence-corrected chi connectivity index (χ3v) is 14.3. The van der Waals surface area contributed by atoms with Gasteiger partial charge in [0.05, 0.1) is 25.4 Å². The van der Waals surface area contributed by atoms with Gasteiger partial charge in [-0.05, 0) is 122 Å². The lowest BCUT2D eigenvalue weighted by molar-refractivity contribution is -0.305. The van der Waals surface area contributed by atoms with E-state index in [-0.39, 0.29) is 19.4 Å². The van der Waals surface area contributed by atoms with Crippen molar-refractivity contribution in [3.63, 3.8) is 0 Å². The summed E-state index contributed by atoms with van der Waals surface area (Å²) in [4.78, 5) is 26.6. The molecule has 466 valence electrons. The number of hydrogen-bond acceptors (Lipinski definition) is 10. The number of hydrogen-bond donors (Lipinski definition) is 6. The SMILES string of the molecule is CC/C=C\C/C=C\C/C=C\C/C=C\C/C=C\C/C=C\CCCCCCC(=O)OC1C(OCC(NC(=O)C(O)CCCC/C=C\C/C=C\C/C=C\C/C=C\CCCCC)C(O)/C=C/CCCCCCCCCCCC)OC(CO)C(O)C1O. The zero-order chi connectivity index (χ0) is 59.6. The Labute approximate surface area is 499 Å². The van der Waals surface area contributed by atoms with E-state index in [4.69, 9.17) is 14.2 Å². The molecule has 6 N–H and O–H groups in total. The summed E-state index contributed by atoms with van der Waals surface area (Å²) in [6.07, 6.45) is 70.5. The van der Waals surface area contributed by atoms with Gasteiger partial charge in [-0.3, -0.25) is 9.59 Å². The number of carbonyl (C=O) groups is 2. The maximum absolute atomic E-state index is 13.4. The predicted molar refractivity (Wildman–Crippen MR) is 342 cm³/mol. The second-order valence-electron chi connectivity index (χ2n) is 21.8. The van der Waals surface area contributed by atoms with E-state index < -0.39 is 67.4 Å². The molecular weight excluding hydrogens is 1030 g/mol. The molecule has 1 aliphatic heterocycles. The third-order valence-electron chi connectivity index (χ3n) is 14.3. The Morgan fingerprint density at radius 2 is 0.878 bits per heavy atom. The number of esters is 1. The standard InChI is InChI=1S/C71H117NO10/c1-4-7-10-13-16-19-22-25-27-29-31-32-33-34-35-37-39-41-44-47-50-53-56-59-66(76)82-69-68(78)67(77)65(60-73)81-71(69)80-61-62(63(74)57-54-51-48-45-42-24-21-18-15-12-9-6-3)72-70(79)64(75)58-55-52-49-46-43-40-38-36-30-28-26-23-20-17-14-11-8-5-2/h7,10,16-17,19-20,25-28,31-32,34-36,38-39,41,43,46,54,57,62-65,67-69,71,73-75,77-78H,4-6,8-9,11-15,18,21-24,29-30,33,37,40,42,44-45,47-53,55-56,58-61H2,1-3H3,(H,72,79)/b10-7-,19-16-,20-17-,27-25-,28-26-,32-31-,35-34-,38-36-,41-39-,46-43-,57-54+. The highest BCUT2D eigenvalue weighted by Crippen LogP contribution is 2.26. The summed E-state index contributed by atoms with van der Waals surface area (Å²) in [6, 6.07) is -1.06. The molecule has 0 radical (unpaired) electrons. The molecule has 0 aromatic carbocycles. The van der Waals surface area contributed by atoms with Gasteiger partial charge in [0.15, 0.2) is 12.4 Å². The number of nitrogens with one attached hydrogen (secondary N) is 1. The van der Waals surface area contributed by atoms with Gasteiger partial charge in [-0.1, -0.05) is 244 Å². The van der Waals surface area contributed by atoms with Gasteiger partial charge in [-0.25, -0.2) is 0 Å². The number of rotatable bonds is 53. The van der Waals surface area contributed by atoms with Crippen LogP contribution in [0.3, 0.4) is 0 Å². The van der Waals surface area contributed by atoms with Crippen molar-refractivity contribution in [2.24, 2.45) is 0 Å². The quantitative estimate of drug-likeness (QED) is 0.0195. The first-order valence-corrected chi connectivity index (χ1v) is 32.5. The number of aliphatic hydroxyl groups is 5. The molecule has 1 amide bonds. The molecule has 11 nitrogen and oxygen atoms in total. The largest absolute Gasteiger partial charge is 0.454 e. The lowest BCUT2D eigenvalue weighted by atomic mass is 9.99. The summed E-state index contributed by atoms with van der Waals surface area (Å²) in [7, 11) is 0. The van der Waals surface area contributed by atoms with Crippen molar-refractivity contribution >= 4 is 11.9 Å². The number of aliphatic hydroxyl groups excluding tert-OH is 5. The van der Waals surface area contributed by atoms with E-state index in [1.54, 1.807) is 6.08 Å². The van der Waals surface area contributed by atoms with Crippen molar-refractivity contribution in [1.29, 1.82) is 0 Å². The van der Waals surface area contributed by atoms with Crippen molar-refractivity contribution in [3.8, 4) is 0 Å². The summed E-state index contributed by atoms with van der Waals surface area (Å²) in [5.74, 6) is -1.26. The zero-order valence-corrected chi connectivity index (χ0v) is 51.6. The number of ether oxygens (including phenoxy) is 3. The average Bonchev–Trinajstić information content (AvgIpc) is 3.44. The van der Waals surface area contributed by atoms with Crippen molar-refractivity contribution < 1.29 is 49.3 Å². The van der Waals surface area contributed by atoms with Gasteiger partial charge in [0.1, 0.15) is 24.4 Å². The van der Waals surface area contributed by atoms with E-state index >= 15 is 0 Å². The first kappa shape index (κ1) is 75.8. The molecule has 11 heteroatoms. The van der Waals surface area contributed by atoms with Crippen LogP contribution in [0, 0.1) is 0 Å². The second kappa shape index (κ2) is 57.2. The van der Waals surface area contributed by atoms with Crippen LogP contribution < -0.4 is 5.32 Å². The summed E-state index contributed by atoms with van der Waals surface area (Å²) in [5.41, 5.74) is 0. The summed E-state index contributed by atoms with van der Waals surface area (Å²) < 4.78 is 17.6. The molecule has 0 spiro atoms. The molecule has 0 saturated carbocycles. The Morgan fingerprint density at radius 1 is 0.488 bits per heavy atom. The number of amides is 1. The van der Waals surface area contributed by atoms with E-state index in [1.165, 1.54) is 64.2 Å². The fourth-order valence-electron chi connectivity index (χ4n) is 9.17. The van der Waals surface area contributed by atoms with Crippen LogP contribution in [0.5, 0.6) is 0 Å². The monoisotopic (exact) mass is 1140 g/mol. The van der Waals surface area contributed by atoms with Gasteiger partial charge in [0.2, 0.25) is 5.91 Å². The van der Waals surface area contributed by atoms with Crippen LogP contribution in [0.1, 0.15) is 239 Å². The maximum Gasteiger partial charge on any atom is 0.306 e. The summed E-state index contributed by atoms with van der Waals surface area (Å²) >= 11 is 0. The molecule has 82 heavy (non-hydrogen) atoms. The summed E-state index contributed by atoms with van der Waals surface area (Å²) in [6.45, 7) is 5.60. The van der Waals surface area contributed by atoms with Crippen LogP contribution in [-0.4, -0.2) is 99.6 Å². The normalized spacial score (nSPS) is 19.5. The van der Waals surface area contributed by atoms with Crippen LogP contribution in [0.2, 0.25) is 0 Å². The average molecular weight is 1140 g/mol. The van der Waals surface area contributed by atoms with Crippen LogP contribution in [0.15, 0.2) is 134 Å². The van der Waals surface area contributed by atoms with E-state index in [9.17, 15) is 35.1 Å². The molecule has 0 bridgehead atoms. The molecule has 1 heterocycles. The van der Waals surface area contributed by atoms with E-state index in [2.05, 4.69) is 148 Å². The fraction of sp³-hybridized carbons (Fsp3) is 0.662. The molecule has 0 aromatic rings. The Morgan fingerprint density at radius 3 is 1.34 bits per heavy atom. The van der Waals surface area contributed by atoms with Gasteiger partial charge in [-0.15, -0.1) is 0 Å². The smallest absolute Gasteiger partial charge is 0.306 e. The fourth-order valence-corrected chi connectivity index (χ4v) is 9.17. The number of unbranched alkanes of at least 4 members (excludes halogenated alkanes) is 19. The van der Waals surface area contributed by atoms with Crippen LogP contribution in [-0.2, 0) is 23.8 Å². The number of carbonyl (C=O) groups excluding carboxylic acids is 2. The van der Waals surface area contributed by atoms with Gasteiger partial charge in [0.25, 0.3) is 0 Å². The van der Waals surface area contributed by atoms with Gasteiger partial charge < -0.3 is 45.1 Å². The predicted octanol–water partition coefficient (Wildman–Crippen LogP) is 16.0. The van der Waals surface area contributed by atoms with Gasteiger partial charge >= 0.3 is 5.97 Å². The lowest BCUT2D eigenvalue weighted by Crippen LogP contribution is -2.61. The topological polar surface area (TPSA) is 175 Å². The Kier molecular flexibility index (Phi) is 52.9. The highest BCUT2D eigenvalue weighted by molar-refractivity contribution is 5.80. The molecular formula is C71H117NO10. The van der Waals surface area contributed by atoms with Crippen LogP contribution in [0.25, 0.3) is 0 Å². The minimum absolute atomic E-state index is 0.0814. The van der Waals surface area contributed by atoms with Crippen molar-refractivity contribution in [2.45, 2.75) is 288 Å². The third kappa shape index (κ3) is 44.3. The Bertz CT molecular complexity index is 1840. The molecule has 8 unspecified atom stereocenters. The number of allylic oxidation sites excluding steroid dienone is 21. The molecule has 0 aliphatic carbocycles. The molecule has 1 aliphatic rings. The highest BCUT2D eigenvalue weighted by Gasteiger charge is 2.47. The first-order valence-electron chi connectivity index (χ1n) is 32.5. The Balaban J connectivity index is 2.70. The minimum Gasteiger partial charge on any atom is -0.454 e. The lowest BCUT2D eigenvalue weighted by Gasteiger charge is -2.41. The maximum atomic E-state index is 13.4. The van der Waals surface area contributed by atoms with Crippen LogP contribution in [0.4, 0.5) is 0 Å². The molecule has 1 fully saturated rings. The van der Waals surface area contributed by atoms with Crippen molar-refractivity contribution in [3.05, 3.63) is 134 Å². The van der Waals surface area contributed by atoms with E-state index in [1.807, 2.05) is 6.08 Å².